The van der Waals surface area contributed by atoms with E-state index in [0.717, 1.165) is 49.5 Å². The first-order valence-electron chi connectivity index (χ1n) is 8.00. The molecule has 0 spiro atoms. The van der Waals surface area contributed by atoms with Gasteiger partial charge in [-0.15, -0.1) is 0 Å². The average molecular weight is 294 g/mol. The van der Waals surface area contributed by atoms with Crippen molar-refractivity contribution in [2.45, 2.75) is 47.1 Å². The fraction of sp³-hybridized carbons (Fsp3) is 0.706. The molecule has 0 aromatic carbocycles. The third-order valence-corrected chi connectivity index (χ3v) is 3.08. The number of nitrogens with one attached hydrogen (secondary N) is 1. The van der Waals surface area contributed by atoms with Gasteiger partial charge in [0, 0.05) is 36.7 Å². The third kappa shape index (κ3) is 8.02. The number of nitrogens with zero attached hydrogens (tertiary/aromatic N) is 1. The Kier molecular flexibility index (Phi) is 9.02. The van der Waals surface area contributed by atoms with E-state index in [1.165, 1.54) is 0 Å². The lowest BCUT2D eigenvalue weighted by molar-refractivity contribution is 0.0976. The second-order valence-corrected chi connectivity index (χ2v) is 5.77. The zero-order valence-corrected chi connectivity index (χ0v) is 13.9. The van der Waals surface area contributed by atoms with Crippen LogP contribution in [-0.2, 0) is 11.3 Å². The molecule has 0 radical (unpaired) electrons. The van der Waals surface area contributed by atoms with E-state index in [1.807, 2.05) is 19.2 Å². The van der Waals surface area contributed by atoms with Crippen LogP contribution in [0.15, 0.2) is 12.3 Å². The van der Waals surface area contributed by atoms with Gasteiger partial charge in [-0.3, -0.25) is 4.98 Å². The monoisotopic (exact) mass is 294 g/mol. The molecule has 1 aromatic heterocycles. The molecule has 0 aliphatic heterocycles. The molecule has 120 valence electrons. The van der Waals surface area contributed by atoms with Crippen LogP contribution in [0.25, 0.3) is 0 Å². The number of aryl methyl sites for hydroxylation is 1. The average Bonchev–Trinajstić information content (AvgIpc) is 2.44. The van der Waals surface area contributed by atoms with Gasteiger partial charge < -0.3 is 14.8 Å². The Bertz CT molecular complexity index is 394. The molecule has 0 atom stereocenters. The van der Waals surface area contributed by atoms with E-state index in [2.05, 4.69) is 31.1 Å². The topological polar surface area (TPSA) is 43.4 Å². The maximum atomic E-state index is 5.85. The van der Waals surface area contributed by atoms with Crippen LogP contribution >= 0.6 is 0 Å². The number of aromatic nitrogens is 1. The highest BCUT2D eigenvalue weighted by Gasteiger charge is 2.05. The lowest BCUT2D eigenvalue weighted by Crippen LogP contribution is -2.20. The van der Waals surface area contributed by atoms with E-state index in [4.69, 9.17) is 9.47 Å². The highest BCUT2D eigenvalue weighted by molar-refractivity contribution is 5.32. The van der Waals surface area contributed by atoms with Crippen molar-refractivity contribution in [3.8, 4) is 5.75 Å². The minimum absolute atomic E-state index is 0.588. The summed E-state index contributed by atoms with van der Waals surface area (Å²) in [5, 5.41) is 3.43. The Balaban J connectivity index is 2.41. The smallest absolute Gasteiger partial charge is 0.127 e. The van der Waals surface area contributed by atoms with Crippen LogP contribution < -0.4 is 10.1 Å². The van der Waals surface area contributed by atoms with Gasteiger partial charge in [-0.2, -0.15) is 0 Å². The number of rotatable bonds is 11. The fourth-order valence-electron chi connectivity index (χ4n) is 1.88. The maximum absolute atomic E-state index is 5.85. The lowest BCUT2D eigenvalue weighted by Gasteiger charge is -2.13. The highest BCUT2D eigenvalue weighted by Crippen LogP contribution is 2.18. The Morgan fingerprint density at radius 2 is 2.05 bits per heavy atom. The van der Waals surface area contributed by atoms with Crippen molar-refractivity contribution in [1.82, 2.24) is 10.3 Å². The number of pyridine rings is 1. The molecule has 0 saturated heterocycles. The second kappa shape index (κ2) is 10.6. The van der Waals surface area contributed by atoms with E-state index in [9.17, 15) is 0 Å². The largest absolute Gasteiger partial charge is 0.491 e. The van der Waals surface area contributed by atoms with Gasteiger partial charge >= 0.3 is 0 Å². The number of hydrogen-bond acceptors (Lipinski definition) is 4. The molecule has 0 aliphatic carbocycles. The van der Waals surface area contributed by atoms with Crippen molar-refractivity contribution in [2.24, 2.45) is 5.92 Å². The Labute approximate surface area is 129 Å². The molecule has 0 bridgehead atoms. The standard InChI is InChI=1S/C17H30N2O2/c1-5-6-7-20-8-9-21-17-10-15(4)19-13-16(17)12-18-11-14(2)3/h10,13-14,18H,5-9,11-12H2,1-4H3. The summed E-state index contributed by atoms with van der Waals surface area (Å²) in [4.78, 5) is 4.36. The molecule has 0 unspecified atom stereocenters. The molecule has 4 heteroatoms. The molecule has 21 heavy (non-hydrogen) atoms. The van der Waals surface area contributed by atoms with E-state index in [-0.39, 0.29) is 0 Å². The zero-order chi connectivity index (χ0) is 15.5. The first kappa shape index (κ1) is 17.9. The predicted molar refractivity (Wildman–Crippen MR) is 86.7 cm³/mol. The molecule has 0 amide bonds. The van der Waals surface area contributed by atoms with Gasteiger partial charge in [-0.25, -0.2) is 0 Å². The first-order valence-corrected chi connectivity index (χ1v) is 8.00. The third-order valence-electron chi connectivity index (χ3n) is 3.08. The predicted octanol–water partition coefficient (Wildman–Crippen LogP) is 3.33. The summed E-state index contributed by atoms with van der Waals surface area (Å²) in [5.74, 6) is 1.55. The highest BCUT2D eigenvalue weighted by atomic mass is 16.5. The van der Waals surface area contributed by atoms with Crippen molar-refractivity contribution < 1.29 is 9.47 Å². The summed E-state index contributed by atoms with van der Waals surface area (Å²) in [6, 6.07) is 2.00. The normalized spacial score (nSPS) is 11.1. The van der Waals surface area contributed by atoms with E-state index in [0.29, 0.717) is 19.1 Å². The molecule has 1 rings (SSSR count). The van der Waals surface area contributed by atoms with Crippen molar-refractivity contribution in [3.63, 3.8) is 0 Å². The molecule has 0 saturated carbocycles. The Morgan fingerprint density at radius 1 is 1.24 bits per heavy atom. The molecular formula is C17H30N2O2. The van der Waals surface area contributed by atoms with Crippen LogP contribution in [0.3, 0.4) is 0 Å². The second-order valence-electron chi connectivity index (χ2n) is 5.77. The van der Waals surface area contributed by atoms with Crippen LogP contribution in [-0.4, -0.2) is 31.3 Å². The van der Waals surface area contributed by atoms with Crippen LogP contribution in [0.4, 0.5) is 0 Å². The quantitative estimate of drug-likeness (QED) is 0.636. The number of ether oxygens (including phenoxy) is 2. The van der Waals surface area contributed by atoms with Gasteiger partial charge in [0.25, 0.3) is 0 Å². The molecule has 1 heterocycles. The van der Waals surface area contributed by atoms with E-state index < -0.39 is 0 Å². The van der Waals surface area contributed by atoms with Crippen LogP contribution in [0, 0.1) is 12.8 Å². The first-order chi connectivity index (χ1) is 10.1. The summed E-state index contributed by atoms with van der Waals surface area (Å²) in [6.07, 6.45) is 4.17. The minimum atomic E-state index is 0.588. The molecule has 4 nitrogen and oxygen atoms in total. The van der Waals surface area contributed by atoms with Gasteiger partial charge in [-0.05, 0) is 25.8 Å². The molecular weight excluding hydrogens is 264 g/mol. The van der Waals surface area contributed by atoms with Crippen molar-refractivity contribution >= 4 is 0 Å². The van der Waals surface area contributed by atoms with Gasteiger partial charge in [-0.1, -0.05) is 27.2 Å². The van der Waals surface area contributed by atoms with Crippen LogP contribution in [0.5, 0.6) is 5.75 Å². The van der Waals surface area contributed by atoms with E-state index >= 15 is 0 Å². The van der Waals surface area contributed by atoms with Crippen LogP contribution in [0.2, 0.25) is 0 Å². The van der Waals surface area contributed by atoms with Crippen molar-refractivity contribution in [2.75, 3.05) is 26.4 Å². The van der Waals surface area contributed by atoms with Gasteiger partial charge in [0.05, 0.1) is 6.61 Å². The Morgan fingerprint density at radius 3 is 2.76 bits per heavy atom. The molecule has 0 fully saturated rings. The SMILES string of the molecule is CCCCOCCOc1cc(C)ncc1CNCC(C)C. The summed E-state index contributed by atoms with van der Waals surface area (Å²) in [6.45, 7) is 12.4. The van der Waals surface area contributed by atoms with Crippen LogP contribution in [0.1, 0.15) is 44.9 Å². The fourth-order valence-corrected chi connectivity index (χ4v) is 1.88. The van der Waals surface area contributed by atoms with Gasteiger partial charge in [0.1, 0.15) is 12.4 Å². The summed E-state index contributed by atoms with van der Waals surface area (Å²) in [5.41, 5.74) is 2.08. The van der Waals surface area contributed by atoms with Gasteiger partial charge in [0.15, 0.2) is 0 Å². The lowest BCUT2D eigenvalue weighted by atomic mass is 10.2. The molecule has 1 aromatic rings. The minimum Gasteiger partial charge on any atom is -0.491 e. The Hall–Kier alpha value is -1.13. The summed E-state index contributed by atoms with van der Waals surface area (Å²) < 4.78 is 11.4. The number of unbranched alkanes of at least 4 members (excludes halogenated alkanes) is 1. The van der Waals surface area contributed by atoms with E-state index in [1.54, 1.807) is 0 Å². The number of hydrogen-bond donors (Lipinski definition) is 1. The molecule has 1 N–H and O–H groups in total. The summed E-state index contributed by atoms with van der Waals surface area (Å²) >= 11 is 0. The zero-order valence-electron chi connectivity index (χ0n) is 13.9. The molecule has 0 aliphatic rings. The summed E-state index contributed by atoms with van der Waals surface area (Å²) in [7, 11) is 0. The van der Waals surface area contributed by atoms with Crippen molar-refractivity contribution in [3.05, 3.63) is 23.5 Å². The maximum Gasteiger partial charge on any atom is 0.127 e. The van der Waals surface area contributed by atoms with Gasteiger partial charge in [0.2, 0.25) is 0 Å². The van der Waals surface area contributed by atoms with Crippen molar-refractivity contribution in [1.29, 1.82) is 0 Å².